The van der Waals surface area contributed by atoms with Crippen LogP contribution in [0.1, 0.15) is 18.9 Å². The molecular weight excluding hydrogens is 257 g/mol. The highest BCUT2D eigenvalue weighted by atomic mass is 35.5. The van der Waals surface area contributed by atoms with E-state index in [2.05, 4.69) is 0 Å². The van der Waals surface area contributed by atoms with Gasteiger partial charge in [-0.2, -0.15) is 0 Å². The number of carboxylic acids is 1. The van der Waals surface area contributed by atoms with Gasteiger partial charge in [-0.25, -0.2) is 4.39 Å². The summed E-state index contributed by atoms with van der Waals surface area (Å²) in [6, 6.07) is 4.11. The van der Waals surface area contributed by atoms with Crippen molar-refractivity contribution in [3.8, 4) is 0 Å². The van der Waals surface area contributed by atoms with Gasteiger partial charge in [0.1, 0.15) is 11.9 Å². The van der Waals surface area contributed by atoms with Gasteiger partial charge >= 0.3 is 5.97 Å². The molecule has 1 heterocycles. The van der Waals surface area contributed by atoms with Crippen LogP contribution in [0.25, 0.3) is 0 Å². The lowest BCUT2D eigenvalue weighted by molar-refractivity contribution is -0.143. The highest BCUT2D eigenvalue weighted by molar-refractivity contribution is 6.31. The standard InChI is InChI=1S/C13H15ClFNO2/c1-8-5-6-16(12(8)13(17)18)7-9-3-2-4-10(15)11(9)14/h2-4,8,12H,5-7H2,1H3,(H,17,18). The molecule has 2 atom stereocenters. The van der Waals surface area contributed by atoms with E-state index in [4.69, 9.17) is 11.6 Å². The van der Waals surface area contributed by atoms with Crippen LogP contribution in [0.3, 0.4) is 0 Å². The van der Waals surface area contributed by atoms with Crippen LogP contribution in [-0.2, 0) is 11.3 Å². The Balaban J connectivity index is 2.18. The Morgan fingerprint density at radius 1 is 1.61 bits per heavy atom. The van der Waals surface area contributed by atoms with Crippen molar-refractivity contribution in [3.63, 3.8) is 0 Å². The first kappa shape index (κ1) is 13.3. The molecule has 1 aliphatic heterocycles. The van der Waals surface area contributed by atoms with Crippen molar-refractivity contribution in [2.45, 2.75) is 25.9 Å². The molecule has 1 saturated heterocycles. The predicted octanol–water partition coefficient (Wildman–Crippen LogP) is 2.77. The van der Waals surface area contributed by atoms with Crippen molar-refractivity contribution in [2.75, 3.05) is 6.54 Å². The van der Waals surface area contributed by atoms with Crippen LogP contribution in [-0.4, -0.2) is 28.6 Å². The second-order valence-corrected chi connectivity index (χ2v) is 5.11. The maximum Gasteiger partial charge on any atom is 0.321 e. The quantitative estimate of drug-likeness (QED) is 0.919. The average molecular weight is 272 g/mol. The highest BCUT2D eigenvalue weighted by Crippen LogP contribution is 2.28. The van der Waals surface area contributed by atoms with Crippen LogP contribution in [0.4, 0.5) is 4.39 Å². The Kier molecular flexibility index (Phi) is 3.88. The van der Waals surface area contributed by atoms with E-state index in [0.29, 0.717) is 18.7 Å². The van der Waals surface area contributed by atoms with Crippen LogP contribution in [0.15, 0.2) is 18.2 Å². The average Bonchev–Trinajstić information content (AvgIpc) is 2.66. The summed E-state index contributed by atoms with van der Waals surface area (Å²) >= 11 is 5.89. The largest absolute Gasteiger partial charge is 0.480 e. The minimum Gasteiger partial charge on any atom is -0.480 e. The number of nitrogens with zero attached hydrogens (tertiary/aromatic N) is 1. The van der Waals surface area contributed by atoms with E-state index in [9.17, 15) is 14.3 Å². The normalized spacial score (nSPS) is 24.4. The Hall–Kier alpha value is -1.13. The molecule has 98 valence electrons. The fraction of sp³-hybridized carbons (Fsp3) is 0.462. The molecule has 1 aromatic carbocycles. The van der Waals surface area contributed by atoms with Crippen molar-refractivity contribution in [2.24, 2.45) is 5.92 Å². The second-order valence-electron chi connectivity index (χ2n) is 4.73. The lowest BCUT2D eigenvalue weighted by Gasteiger charge is -2.23. The summed E-state index contributed by atoms with van der Waals surface area (Å²) in [7, 11) is 0. The number of hydrogen-bond donors (Lipinski definition) is 1. The first-order valence-electron chi connectivity index (χ1n) is 5.90. The Bertz CT molecular complexity index is 466. The molecular formula is C13H15ClFNO2. The number of benzene rings is 1. The SMILES string of the molecule is CC1CCN(Cc2cccc(F)c2Cl)C1C(=O)O. The van der Waals surface area contributed by atoms with Crippen LogP contribution in [0.2, 0.25) is 5.02 Å². The Morgan fingerprint density at radius 3 is 3.00 bits per heavy atom. The number of halogens is 2. The number of aliphatic carboxylic acids is 1. The zero-order chi connectivity index (χ0) is 13.3. The van der Waals surface area contributed by atoms with Crippen molar-refractivity contribution >= 4 is 17.6 Å². The van der Waals surface area contributed by atoms with E-state index in [1.54, 1.807) is 12.1 Å². The number of hydrogen-bond acceptors (Lipinski definition) is 2. The van der Waals surface area contributed by atoms with Gasteiger partial charge in [-0.1, -0.05) is 30.7 Å². The molecule has 0 bridgehead atoms. The molecule has 0 spiro atoms. The van der Waals surface area contributed by atoms with Crippen LogP contribution >= 0.6 is 11.6 Å². The smallest absolute Gasteiger partial charge is 0.321 e. The summed E-state index contributed by atoms with van der Waals surface area (Å²) < 4.78 is 13.3. The van der Waals surface area contributed by atoms with E-state index in [1.807, 2.05) is 11.8 Å². The van der Waals surface area contributed by atoms with Gasteiger partial charge in [-0.3, -0.25) is 9.69 Å². The lowest BCUT2D eigenvalue weighted by Crippen LogP contribution is -2.38. The molecule has 3 nitrogen and oxygen atoms in total. The van der Waals surface area contributed by atoms with Crippen molar-refractivity contribution in [1.82, 2.24) is 4.90 Å². The molecule has 5 heteroatoms. The summed E-state index contributed by atoms with van der Waals surface area (Å²) in [4.78, 5) is 13.1. The monoisotopic (exact) mass is 271 g/mol. The van der Waals surface area contributed by atoms with Crippen LogP contribution in [0.5, 0.6) is 0 Å². The van der Waals surface area contributed by atoms with Gasteiger partial charge in [0, 0.05) is 6.54 Å². The number of carboxylic acid groups (broad SMARTS) is 1. The van der Waals surface area contributed by atoms with Gasteiger partial charge in [0.05, 0.1) is 5.02 Å². The summed E-state index contributed by atoms with van der Waals surface area (Å²) in [5.74, 6) is -1.18. The highest BCUT2D eigenvalue weighted by Gasteiger charge is 2.36. The summed E-state index contributed by atoms with van der Waals surface area (Å²) in [5, 5.41) is 9.29. The van der Waals surface area contributed by atoms with Gasteiger partial charge < -0.3 is 5.11 Å². The predicted molar refractivity (Wildman–Crippen MR) is 67.0 cm³/mol. The zero-order valence-electron chi connectivity index (χ0n) is 10.1. The second kappa shape index (κ2) is 5.24. The zero-order valence-corrected chi connectivity index (χ0v) is 10.8. The summed E-state index contributed by atoms with van der Waals surface area (Å²) in [6.45, 7) is 2.99. The van der Waals surface area contributed by atoms with Crippen LogP contribution in [0, 0.1) is 11.7 Å². The van der Waals surface area contributed by atoms with E-state index in [-0.39, 0.29) is 10.9 Å². The van der Waals surface area contributed by atoms with Gasteiger partial charge in [0.15, 0.2) is 0 Å². The maximum atomic E-state index is 13.3. The van der Waals surface area contributed by atoms with E-state index in [1.165, 1.54) is 6.07 Å². The molecule has 0 aromatic heterocycles. The molecule has 1 fully saturated rings. The molecule has 0 saturated carbocycles. The van der Waals surface area contributed by atoms with Crippen molar-refractivity contribution in [1.29, 1.82) is 0 Å². The molecule has 1 N–H and O–H groups in total. The number of carbonyl (C=O) groups is 1. The molecule has 1 aromatic rings. The van der Waals surface area contributed by atoms with Gasteiger partial charge in [0.25, 0.3) is 0 Å². The van der Waals surface area contributed by atoms with Gasteiger partial charge in [0.2, 0.25) is 0 Å². The third-order valence-corrected chi connectivity index (χ3v) is 3.89. The van der Waals surface area contributed by atoms with Gasteiger partial charge in [-0.15, -0.1) is 0 Å². The topological polar surface area (TPSA) is 40.5 Å². The Labute approximate surface area is 110 Å². The number of rotatable bonds is 3. The first-order valence-corrected chi connectivity index (χ1v) is 6.28. The molecule has 1 aliphatic rings. The van der Waals surface area contributed by atoms with E-state index < -0.39 is 17.8 Å². The fourth-order valence-corrected chi connectivity index (χ4v) is 2.68. The van der Waals surface area contributed by atoms with Crippen molar-refractivity contribution < 1.29 is 14.3 Å². The van der Waals surface area contributed by atoms with Crippen LogP contribution < -0.4 is 0 Å². The maximum absolute atomic E-state index is 13.3. The third-order valence-electron chi connectivity index (χ3n) is 3.46. The minimum atomic E-state index is -0.826. The summed E-state index contributed by atoms with van der Waals surface area (Å²) in [6.07, 6.45) is 0.837. The molecule has 2 rings (SSSR count). The van der Waals surface area contributed by atoms with Gasteiger partial charge in [-0.05, 0) is 30.5 Å². The molecule has 2 unspecified atom stereocenters. The lowest BCUT2D eigenvalue weighted by atomic mass is 10.0. The minimum absolute atomic E-state index is 0.0844. The van der Waals surface area contributed by atoms with Crippen molar-refractivity contribution in [3.05, 3.63) is 34.6 Å². The summed E-state index contributed by atoms with van der Waals surface area (Å²) in [5.41, 5.74) is 0.636. The Morgan fingerprint density at radius 2 is 2.33 bits per heavy atom. The number of likely N-dealkylation sites (tertiary alicyclic amines) is 1. The molecule has 0 aliphatic carbocycles. The molecule has 0 radical (unpaired) electrons. The van der Waals surface area contributed by atoms with E-state index in [0.717, 1.165) is 6.42 Å². The molecule has 0 amide bonds. The first-order chi connectivity index (χ1) is 8.50. The third kappa shape index (κ3) is 2.49. The fourth-order valence-electron chi connectivity index (χ4n) is 2.49. The van der Waals surface area contributed by atoms with E-state index >= 15 is 0 Å². The molecule has 18 heavy (non-hydrogen) atoms.